The van der Waals surface area contributed by atoms with Crippen molar-refractivity contribution >= 4 is 32.2 Å². The summed E-state index contributed by atoms with van der Waals surface area (Å²) in [6.07, 6.45) is 3.77. The molecule has 168 valence electrons. The minimum Gasteiger partial charge on any atom is -0.497 e. The van der Waals surface area contributed by atoms with E-state index in [2.05, 4.69) is 15.0 Å². The highest BCUT2D eigenvalue weighted by molar-refractivity contribution is 7.84. The van der Waals surface area contributed by atoms with Crippen molar-refractivity contribution < 1.29 is 22.4 Å². The number of nitrogens with one attached hydrogen (secondary N) is 1. The van der Waals surface area contributed by atoms with Crippen LogP contribution in [0.1, 0.15) is 18.9 Å². The molecule has 32 heavy (non-hydrogen) atoms. The predicted octanol–water partition coefficient (Wildman–Crippen LogP) is 2.12. The third-order valence-corrected chi connectivity index (χ3v) is 6.53. The highest BCUT2D eigenvalue weighted by Gasteiger charge is 2.35. The summed E-state index contributed by atoms with van der Waals surface area (Å²) in [5.74, 6) is 0.448. The van der Waals surface area contributed by atoms with Crippen LogP contribution in [0.4, 0.5) is 0 Å². The fourth-order valence-electron chi connectivity index (χ4n) is 4.51. The largest absolute Gasteiger partial charge is 0.497 e. The Morgan fingerprint density at radius 3 is 2.88 bits per heavy atom. The Hall–Kier alpha value is -2.99. The van der Waals surface area contributed by atoms with Crippen LogP contribution in [0, 0.1) is 5.92 Å². The van der Waals surface area contributed by atoms with E-state index < -0.39 is 16.4 Å². The summed E-state index contributed by atoms with van der Waals surface area (Å²) in [7, 11) is -2.41. The number of nitrogens with two attached hydrogens (primary N) is 1. The van der Waals surface area contributed by atoms with Crippen molar-refractivity contribution in [2.24, 2.45) is 11.1 Å². The van der Waals surface area contributed by atoms with Crippen LogP contribution in [0.3, 0.4) is 0 Å². The standard InChI is InChI=1S/C21H23N5O5S/c1-30-15-2-3-17-12(7-15)8-18(25-17)20-16-4-5-26(21(16)24-11-23-20)14-6-13(19(27)9-14)10-31-32(22,28)29/h2-5,7-8,11,13-14,19,25,27H,6,9-10H2,1H3,(H2,22,28,29). The van der Waals surface area contributed by atoms with Crippen molar-refractivity contribution in [3.05, 3.63) is 42.9 Å². The number of ether oxygens (including phenoxy) is 1. The maximum absolute atomic E-state index is 11.1. The fourth-order valence-corrected chi connectivity index (χ4v) is 4.87. The Bertz CT molecular complexity index is 1400. The zero-order chi connectivity index (χ0) is 22.5. The minimum absolute atomic E-state index is 0.0497. The molecule has 0 aliphatic heterocycles. The number of nitrogens with zero attached hydrogens (tertiary/aromatic N) is 3. The van der Waals surface area contributed by atoms with Crippen molar-refractivity contribution in [1.29, 1.82) is 0 Å². The van der Waals surface area contributed by atoms with E-state index in [-0.39, 0.29) is 18.6 Å². The van der Waals surface area contributed by atoms with Gasteiger partial charge in [0, 0.05) is 34.4 Å². The highest BCUT2D eigenvalue weighted by Crippen LogP contribution is 2.38. The van der Waals surface area contributed by atoms with Crippen molar-refractivity contribution in [3.8, 4) is 17.1 Å². The number of rotatable bonds is 6. The number of H-pyrrole nitrogens is 1. The molecule has 0 radical (unpaired) electrons. The van der Waals surface area contributed by atoms with E-state index in [0.717, 1.165) is 39.1 Å². The maximum Gasteiger partial charge on any atom is 0.333 e. The van der Waals surface area contributed by atoms with Gasteiger partial charge in [-0.05, 0) is 43.2 Å². The zero-order valence-electron chi connectivity index (χ0n) is 17.3. The first-order valence-electron chi connectivity index (χ1n) is 10.2. The van der Waals surface area contributed by atoms with Gasteiger partial charge in [-0.3, -0.25) is 4.18 Å². The van der Waals surface area contributed by atoms with E-state index in [1.807, 2.05) is 41.1 Å². The van der Waals surface area contributed by atoms with E-state index in [1.165, 1.54) is 6.33 Å². The van der Waals surface area contributed by atoms with Gasteiger partial charge in [-0.2, -0.15) is 8.42 Å². The first-order valence-corrected chi connectivity index (χ1v) is 11.6. The molecule has 1 aliphatic carbocycles. The smallest absolute Gasteiger partial charge is 0.333 e. The summed E-state index contributed by atoms with van der Waals surface area (Å²) < 4.78 is 34.2. The van der Waals surface area contributed by atoms with Crippen molar-refractivity contribution in [2.45, 2.75) is 25.0 Å². The summed E-state index contributed by atoms with van der Waals surface area (Å²) in [6, 6.07) is 9.75. The second kappa shape index (κ2) is 7.85. The second-order valence-corrected chi connectivity index (χ2v) is 9.27. The zero-order valence-corrected chi connectivity index (χ0v) is 18.1. The number of aromatic nitrogens is 4. The monoisotopic (exact) mass is 457 g/mol. The average molecular weight is 458 g/mol. The Morgan fingerprint density at radius 1 is 1.25 bits per heavy atom. The van der Waals surface area contributed by atoms with E-state index in [9.17, 15) is 13.5 Å². The fraction of sp³-hybridized carbons (Fsp3) is 0.333. The van der Waals surface area contributed by atoms with Gasteiger partial charge < -0.3 is 19.4 Å². The third-order valence-electron chi connectivity index (χ3n) is 6.06. The molecule has 3 atom stereocenters. The molecule has 4 N–H and O–H groups in total. The number of hydrogen-bond acceptors (Lipinski definition) is 7. The summed E-state index contributed by atoms with van der Waals surface area (Å²) >= 11 is 0. The predicted molar refractivity (Wildman–Crippen MR) is 118 cm³/mol. The molecular formula is C21H23N5O5S. The Balaban J connectivity index is 1.46. The number of fused-ring (bicyclic) bond motifs is 2. The maximum atomic E-state index is 11.1. The molecule has 0 spiro atoms. The molecule has 0 saturated heterocycles. The highest BCUT2D eigenvalue weighted by atomic mass is 32.2. The quantitative estimate of drug-likeness (QED) is 0.402. The molecule has 3 unspecified atom stereocenters. The molecule has 1 aromatic carbocycles. The Kier molecular flexibility index (Phi) is 5.13. The lowest BCUT2D eigenvalue weighted by Gasteiger charge is -2.14. The van der Waals surface area contributed by atoms with E-state index >= 15 is 0 Å². The number of benzene rings is 1. The number of hydrogen-bond donors (Lipinski definition) is 3. The van der Waals surface area contributed by atoms with Gasteiger partial charge in [-0.25, -0.2) is 15.1 Å². The van der Waals surface area contributed by atoms with Gasteiger partial charge in [-0.1, -0.05) is 0 Å². The molecule has 11 heteroatoms. The van der Waals surface area contributed by atoms with Crippen LogP contribution in [0.5, 0.6) is 5.75 Å². The van der Waals surface area contributed by atoms with Gasteiger partial charge in [-0.15, -0.1) is 0 Å². The van der Waals surface area contributed by atoms with Gasteiger partial charge in [0.15, 0.2) is 0 Å². The topological polar surface area (TPSA) is 145 Å². The lowest BCUT2D eigenvalue weighted by molar-refractivity contribution is 0.100. The molecule has 1 saturated carbocycles. The molecule has 10 nitrogen and oxygen atoms in total. The van der Waals surface area contributed by atoms with Gasteiger partial charge in [0.25, 0.3) is 0 Å². The summed E-state index contributed by atoms with van der Waals surface area (Å²) in [6.45, 7) is -0.144. The molecular weight excluding hydrogens is 434 g/mol. The van der Waals surface area contributed by atoms with E-state index in [4.69, 9.17) is 14.1 Å². The van der Waals surface area contributed by atoms with Crippen molar-refractivity contribution in [2.75, 3.05) is 13.7 Å². The van der Waals surface area contributed by atoms with Crippen LogP contribution in [0.2, 0.25) is 0 Å². The second-order valence-electron chi connectivity index (χ2n) is 8.05. The van der Waals surface area contributed by atoms with Crippen LogP contribution in [0.15, 0.2) is 42.9 Å². The minimum atomic E-state index is -4.04. The molecule has 4 aromatic rings. The molecule has 0 bridgehead atoms. The lowest BCUT2D eigenvalue weighted by Crippen LogP contribution is -2.24. The first-order chi connectivity index (χ1) is 15.3. The summed E-state index contributed by atoms with van der Waals surface area (Å²) in [4.78, 5) is 12.4. The third kappa shape index (κ3) is 3.84. The molecule has 1 fully saturated rings. The molecule has 1 aliphatic rings. The SMILES string of the molecule is COc1ccc2[nH]c(-c3ncnc4c3ccn4C3CC(O)C(COS(N)(=O)=O)C3)cc2c1. The Morgan fingerprint density at radius 2 is 2.09 bits per heavy atom. The van der Waals surface area contributed by atoms with Gasteiger partial charge >= 0.3 is 10.3 Å². The normalized spacial score (nSPS) is 21.5. The summed E-state index contributed by atoms with van der Waals surface area (Å²) in [5.41, 5.74) is 3.36. The van der Waals surface area contributed by atoms with Gasteiger partial charge in [0.05, 0.1) is 31.2 Å². The number of aliphatic hydroxyl groups is 1. The van der Waals surface area contributed by atoms with Crippen molar-refractivity contribution in [1.82, 2.24) is 19.5 Å². The lowest BCUT2D eigenvalue weighted by atomic mass is 10.1. The van der Waals surface area contributed by atoms with Crippen LogP contribution in [0.25, 0.3) is 33.3 Å². The molecule has 5 rings (SSSR count). The number of aliphatic hydroxyl groups excluding tert-OH is 1. The van der Waals surface area contributed by atoms with E-state index in [1.54, 1.807) is 7.11 Å². The van der Waals surface area contributed by atoms with Gasteiger partial charge in [0.2, 0.25) is 0 Å². The van der Waals surface area contributed by atoms with E-state index in [0.29, 0.717) is 12.8 Å². The van der Waals surface area contributed by atoms with Crippen LogP contribution < -0.4 is 9.88 Å². The van der Waals surface area contributed by atoms with Gasteiger partial charge in [0.1, 0.15) is 17.7 Å². The summed E-state index contributed by atoms with van der Waals surface area (Å²) in [5, 5.41) is 17.2. The van der Waals surface area contributed by atoms with Crippen molar-refractivity contribution in [3.63, 3.8) is 0 Å². The van der Waals surface area contributed by atoms with Crippen LogP contribution in [-0.2, 0) is 14.5 Å². The van der Waals surface area contributed by atoms with Crippen LogP contribution in [-0.4, -0.2) is 52.9 Å². The number of methoxy groups -OCH3 is 1. The average Bonchev–Trinajstić information content (AvgIpc) is 3.46. The number of aromatic amines is 1. The Labute approximate surface area is 184 Å². The molecule has 0 amide bonds. The molecule has 3 aromatic heterocycles. The van der Waals surface area contributed by atoms with Crippen LogP contribution >= 0.6 is 0 Å². The molecule has 3 heterocycles. The first kappa shape index (κ1) is 20.9.